The van der Waals surface area contributed by atoms with Crippen LogP contribution in [0.25, 0.3) is 0 Å². The third-order valence-corrected chi connectivity index (χ3v) is 3.07. The second-order valence-electron chi connectivity index (χ2n) is 4.70. The number of nitrogens with two attached hydrogens (primary N) is 1. The largest absolute Gasteiger partial charge is 0.356 e. The molecule has 0 fully saturated rings. The molecule has 0 spiro atoms. The lowest BCUT2D eigenvalue weighted by Crippen LogP contribution is -2.31. The maximum absolute atomic E-state index is 11.8. The number of benzene rings is 1. The average Bonchev–Trinajstić information content (AvgIpc) is 2.38. The molecule has 1 amide bonds. The van der Waals surface area contributed by atoms with Gasteiger partial charge in [-0.25, -0.2) is 0 Å². The van der Waals surface area contributed by atoms with Crippen LogP contribution in [0.4, 0.5) is 0 Å². The fraction of sp³-hybridized carbons (Fsp3) is 0.533. The molecule has 3 heteroatoms. The van der Waals surface area contributed by atoms with Crippen LogP contribution >= 0.6 is 0 Å². The molecule has 1 aromatic rings. The number of hydrogen-bond donors (Lipinski definition) is 2. The minimum Gasteiger partial charge on any atom is -0.356 e. The van der Waals surface area contributed by atoms with Gasteiger partial charge in [-0.2, -0.15) is 0 Å². The van der Waals surface area contributed by atoms with Crippen LogP contribution < -0.4 is 11.1 Å². The Morgan fingerprint density at radius 3 is 2.61 bits per heavy atom. The predicted octanol–water partition coefficient (Wildman–Crippen LogP) is 2.11. The number of hydrogen-bond acceptors (Lipinski definition) is 2. The van der Waals surface area contributed by atoms with E-state index in [0.717, 1.165) is 31.4 Å². The van der Waals surface area contributed by atoms with E-state index in [0.29, 0.717) is 18.9 Å². The number of rotatable bonds is 8. The van der Waals surface area contributed by atoms with Gasteiger partial charge in [0, 0.05) is 6.54 Å². The van der Waals surface area contributed by atoms with Crippen molar-refractivity contribution in [2.75, 3.05) is 13.1 Å². The fourth-order valence-corrected chi connectivity index (χ4v) is 2.09. The molecule has 1 rings (SSSR count). The topological polar surface area (TPSA) is 55.1 Å². The molecule has 0 aliphatic heterocycles. The van der Waals surface area contributed by atoms with E-state index >= 15 is 0 Å². The Bertz CT molecular complexity index is 332. The van der Waals surface area contributed by atoms with Crippen molar-refractivity contribution in [3.05, 3.63) is 35.9 Å². The molecule has 0 saturated heterocycles. The lowest BCUT2D eigenvalue weighted by Gasteiger charge is -2.15. The molecule has 0 aromatic heterocycles. The molecule has 0 saturated carbocycles. The molecule has 0 aliphatic rings. The summed E-state index contributed by atoms with van der Waals surface area (Å²) in [5, 5.41) is 3.01. The number of nitrogens with one attached hydrogen (secondary N) is 1. The smallest absolute Gasteiger partial charge is 0.224 e. The van der Waals surface area contributed by atoms with Crippen molar-refractivity contribution < 1.29 is 4.79 Å². The van der Waals surface area contributed by atoms with E-state index in [-0.39, 0.29) is 5.91 Å². The van der Waals surface area contributed by atoms with Gasteiger partial charge in [-0.3, -0.25) is 4.79 Å². The zero-order valence-corrected chi connectivity index (χ0v) is 11.2. The first kappa shape index (κ1) is 14.7. The van der Waals surface area contributed by atoms with Gasteiger partial charge in [-0.15, -0.1) is 0 Å². The van der Waals surface area contributed by atoms with E-state index in [4.69, 9.17) is 5.73 Å². The second kappa shape index (κ2) is 8.70. The molecule has 3 N–H and O–H groups in total. The molecular weight excluding hydrogens is 224 g/mol. The van der Waals surface area contributed by atoms with Crippen LogP contribution in [-0.2, 0) is 11.2 Å². The van der Waals surface area contributed by atoms with Gasteiger partial charge < -0.3 is 11.1 Å². The Kier molecular flexibility index (Phi) is 7.11. The molecule has 18 heavy (non-hydrogen) atoms. The first-order valence-electron chi connectivity index (χ1n) is 6.77. The third-order valence-electron chi connectivity index (χ3n) is 3.07. The van der Waals surface area contributed by atoms with Crippen molar-refractivity contribution in [3.63, 3.8) is 0 Å². The Labute approximate surface area is 110 Å². The molecule has 100 valence electrons. The highest BCUT2D eigenvalue weighted by molar-refractivity contribution is 5.78. The molecule has 0 radical (unpaired) electrons. The molecule has 1 unspecified atom stereocenters. The minimum absolute atomic E-state index is 0.0966. The van der Waals surface area contributed by atoms with Gasteiger partial charge in [0.25, 0.3) is 0 Å². The highest BCUT2D eigenvalue weighted by Gasteiger charge is 2.09. The molecule has 0 bridgehead atoms. The van der Waals surface area contributed by atoms with Crippen molar-refractivity contribution in [1.29, 1.82) is 0 Å². The van der Waals surface area contributed by atoms with Crippen molar-refractivity contribution in [1.82, 2.24) is 5.32 Å². The van der Waals surface area contributed by atoms with Crippen molar-refractivity contribution in [2.45, 2.75) is 32.6 Å². The van der Waals surface area contributed by atoms with Crippen molar-refractivity contribution >= 4 is 5.91 Å². The summed E-state index contributed by atoms with van der Waals surface area (Å²) in [6.45, 7) is 3.60. The van der Waals surface area contributed by atoms with E-state index in [2.05, 4.69) is 12.2 Å². The zero-order chi connectivity index (χ0) is 13.2. The molecule has 3 nitrogen and oxygen atoms in total. The quantitative estimate of drug-likeness (QED) is 0.740. The van der Waals surface area contributed by atoms with Crippen LogP contribution in [0.2, 0.25) is 0 Å². The van der Waals surface area contributed by atoms with Gasteiger partial charge in [-0.1, -0.05) is 43.7 Å². The maximum atomic E-state index is 11.8. The molecule has 1 aromatic carbocycles. The summed E-state index contributed by atoms with van der Waals surface area (Å²) in [5.74, 6) is 0.610. The van der Waals surface area contributed by atoms with E-state index in [1.54, 1.807) is 0 Å². The second-order valence-corrected chi connectivity index (χ2v) is 4.70. The lowest BCUT2D eigenvalue weighted by atomic mass is 10.00. The summed E-state index contributed by atoms with van der Waals surface area (Å²) in [7, 11) is 0. The normalized spacial score (nSPS) is 12.1. The van der Waals surface area contributed by atoms with Crippen molar-refractivity contribution in [2.24, 2.45) is 11.7 Å². The molecule has 1 atom stereocenters. The van der Waals surface area contributed by atoms with Crippen LogP contribution in [0.15, 0.2) is 30.3 Å². The Hall–Kier alpha value is -1.35. The maximum Gasteiger partial charge on any atom is 0.224 e. The first-order valence-corrected chi connectivity index (χ1v) is 6.77. The Morgan fingerprint density at radius 1 is 1.28 bits per heavy atom. The highest BCUT2D eigenvalue weighted by Crippen LogP contribution is 2.09. The predicted molar refractivity (Wildman–Crippen MR) is 75.2 cm³/mol. The first-order chi connectivity index (χ1) is 8.76. The highest BCUT2D eigenvalue weighted by atomic mass is 16.1. The average molecular weight is 248 g/mol. The Morgan fingerprint density at radius 2 is 2.00 bits per heavy atom. The van der Waals surface area contributed by atoms with Gasteiger partial charge in [0.15, 0.2) is 0 Å². The van der Waals surface area contributed by atoms with Gasteiger partial charge >= 0.3 is 0 Å². The van der Waals surface area contributed by atoms with Crippen LogP contribution in [0.1, 0.15) is 31.7 Å². The van der Waals surface area contributed by atoms with Gasteiger partial charge in [-0.05, 0) is 30.9 Å². The summed E-state index contributed by atoms with van der Waals surface area (Å²) in [4.78, 5) is 11.8. The number of carbonyl (C=O) groups excluding carboxylic acids is 1. The van der Waals surface area contributed by atoms with Gasteiger partial charge in [0.05, 0.1) is 6.42 Å². The van der Waals surface area contributed by atoms with E-state index in [1.165, 1.54) is 0 Å². The van der Waals surface area contributed by atoms with Crippen LogP contribution in [0.5, 0.6) is 0 Å². The van der Waals surface area contributed by atoms with E-state index in [9.17, 15) is 4.79 Å². The number of carbonyl (C=O) groups is 1. The summed E-state index contributed by atoms with van der Waals surface area (Å²) >= 11 is 0. The zero-order valence-electron chi connectivity index (χ0n) is 11.2. The van der Waals surface area contributed by atoms with Crippen LogP contribution in [0.3, 0.4) is 0 Å². The third kappa shape index (κ3) is 5.82. The fourth-order valence-electron chi connectivity index (χ4n) is 2.09. The van der Waals surface area contributed by atoms with E-state index in [1.807, 2.05) is 30.3 Å². The van der Waals surface area contributed by atoms with Crippen LogP contribution in [0, 0.1) is 5.92 Å². The van der Waals surface area contributed by atoms with Gasteiger partial charge in [0.1, 0.15) is 0 Å². The van der Waals surface area contributed by atoms with Crippen molar-refractivity contribution in [3.8, 4) is 0 Å². The molecule has 0 heterocycles. The lowest BCUT2D eigenvalue weighted by molar-refractivity contribution is -0.120. The summed E-state index contributed by atoms with van der Waals surface area (Å²) in [5.41, 5.74) is 6.63. The monoisotopic (exact) mass is 248 g/mol. The standard InChI is InChI=1S/C15H24N2O/c1-2-6-14(9-10-16)12-17-15(18)11-13-7-4-3-5-8-13/h3-5,7-8,14H,2,6,9-12,16H2,1H3,(H,17,18). The summed E-state index contributed by atoms with van der Waals surface area (Å²) in [6, 6.07) is 9.82. The Balaban J connectivity index is 2.31. The molecular formula is C15H24N2O. The summed E-state index contributed by atoms with van der Waals surface area (Å²) in [6.07, 6.45) is 3.71. The summed E-state index contributed by atoms with van der Waals surface area (Å²) < 4.78 is 0. The minimum atomic E-state index is 0.0966. The molecule has 0 aliphatic carbocycles. The SMILES string of the molecule is CCCC(CCN)CNC(=O)Cc1ccccc1. The van der Waals surface area contributed by atoms with E-state index < -0.39 is 0 Å². The van der Waals surface area contributed by atoms with Crippen LogP contribution in [-0.4, -0.2) is 19.0 Å². The number of amides is 1. The van der Waals surface area contributed by atoms with Gasteiger partial charge in [0.2, 0.25) is 5.91 Å².